The summed E-state index contributed by atoms with van der Waals surface area (Å²) < 4.78 is 7.38. The lowest BCUT2D eigenvalue weighted by Gasteiger charge is -2.10. The first-order valence-corrected chi connectivity index (χ1v) is 10.2. The van der Waals surface area contributed by atoms with Crippen LogP contribution < -0.4 is 10.6 Å². The van der Waals surface area contributed by atoms with Gasteiger partial charge in [0.1, 0.15) is 5.76 Å². The Balaban J connectivity index is 1.77. The van der Waals surface area contributed by atoms with Gasteiger partial charge in [-0.1, -0.05) is 35.5 Å². The molecule has 8 nitrogen and oxygen atoms in total. The number of nitrogens with one attached hydrogen (secondary N) is 2. The van der Waals surface area contributed by atoms with Crippen LogP contribution in [0.4, 0.5) is 4.79 Å². The molecule has 2 heterocycles. The zero-order chi connectivity index (χ0) is 20.8. The molecule has 0 aliphatic carbocycles. The van der Waals surface area contributed by atoms with E-state index in [0.29, 0.717) is 17.5 Å². The first-order chi connectivity index (χ1) is 13.9. The summed E-state index contributed by atoms with van der Waals surface area (Å²) in [5.41, 5.74) is 2.04. The third-order valence-electron chi connectivity index (χ3n) is 3.89. The van der Waals surface area contributed by atoms with E-state index >= 15 is 0 Å². The van der Waals surface area contributed by atoms with Crippen molar-refractivity contribution in [3.63, 3.8) is 0 Å². The molecule has 0 aliphatic rings. The molecular formula is C20H23N5O3S. The van der Waals surface area contributed by atoms with E-state index in [9.17, 15) is 9.59 Å². The molecule has 3 rings (SSSR count). The lowest BCUT2D eigenvalue weighted by molar-refractivity contribution is -0.117. The van der Waals surface area contributed by atoms with E-state index < -0.39 is 11.9 Å². The van der Waals surface area contributed by atoms with Gasteiger partial charge in [-0.25, -0.2) is 4.79 Å². The topological polar surface area (TPSA) is 102 Å². The number of imide groups is 1. The number of aromatic nitrogens is 3. The molecule has 0 unspecified atom stereocenters. The average molecular weight is 414 g/mol. The maximum Gasteiger partial charge on any atom is 0.321 e. The fourth-order valence-electron chi connectivity index (χ4n) is 2.69. The molecule has 1 aromatic carbocycles. The molecule has 3 amide bonds. The van der Waals surface area contributed by atoms with Gasteiger partial charge in [0.05, 0.1) is 18.6 Å². The Morgan fingerprint density at radius 3 is 2.72 bits per heavy atom. The van der Waals surface area contributed by atoms with Crippen LogP contribution >= 0.6 is 11.8 Å². The van der Waals surface area contributed by atoms with Crippen LogP contribution in [-0.2, 0) is 11.3 Å². The summed E-state index contributed by atoms with van der Waals surface area (Å²) in [5.74, 6) is 1.07. The number of amides is 3. The number of furan rings is 1. The second-order valence-corrected chi connectivity index (χ2v) is 7.75. The van der Waals surface area contributed by atoms with Crippen molar-refractivity contribution < 1.29 is 14.0 Å². The van der Waals surface area contributed by atoms with E-state index in [2.05, 4.69) is 20.8 Å². The van der Waals surface area contributed by atoms with Crippen LogP contribution in [0.3, 0.4) is 0 Å². The van der Waals surface area contributed by atoms with Crippen LogP contribution in [0.25, 0.3) is 11.4 Å². The summed E-state index contributed by atoms with van der Waals surface area (Å²) in [6.45, 7) is 6.09. The van der Waals surface area contributed by atoms with Gasteiger partial charge in [-0.05, 0) is 39.0 Å². The van der Waals surface area contributed by atoms with Crippen LogP contribution in [0.5, 0.6) is 0 Å². The number of aryl methyl sites for hydroxylation is 1. The van der Waals surface area contributed by atoms with Crippen LogP contribution in [0.1, 0.15) is 25.2 Å². The van der Waals surface area contributed by atoms with E-state index in [1.54, 1.807) is 6.26 Å². The normalized spacial score (nSPS) is 10.9. The highest BCUT2D eigenvalue weighted by atomic mass is 32.2. The van der Waals surface area contributed by atoms with Crippen molar-refractivity contribution in [3.8, 4) is 11.4 Å². The van der Waals surface area contributed by atoms with Gasteiger partial charge in [0.25, 0.3) is 0 Å². The summed E-state index contributed by atoms with van der Waals surface area (Å²) >= 11 is 1.21. The number of benzene rings is 1. The lowest BCUT2D eigenvalue weighted by atomic mass is 10.1. The molecule has 0 bridgehead atoms. The standard InChI is InChI=1S/C20H23N5O3S/c1-13(2)21-19(27)22-17(26)12-29-20-24-23-18(15-7-4-6-14(3)10-15)25(20)11-16-8-5-9-28-16/h4-10,13H,11-12H2,1-3H3,(H2,21,22,26,27). The Morgan fingerprint density at radius 1 is 1.21 bits per heavy atom. The zero-order valence-corrected chi connectivity index (χ0v) is 17.3. The first kappa shape index (κ1) is 20.7. The molecule has 2 N–H and O–H groups in total. The monoisotopic (exact) mass is 413 g/mol. The van der Waals surface area contributed by atoms with Crippen LogP contribution in [0.15, 0.2) is 52.2 Å². The fraction of sp³-hybridized carbons (Fsp3) is 0.300. The van der Waals surface area contributed by atoms with Crippen LogP contribution in [0.2, 0.25) is 0 Å². The van der Waals surface area contributed by atoms with Crippen molar-refractivity contribution in [1.29, 1.82) is 0 Å². The van der Waals surface area contributed by atoms with E-state index in [1.165, 1.54) is 11.8 Å². The van der Waals surface area contributed by atoms with E-state index in [4.69, 9.17) is 4.42 Å². The minimum atomic E-state index is -0.511. The number of hydrogen-bond donors (Lipinski definition) is 2. The average Bonchev–Trinajstić information content (AvgIpc) is 3.29. The SMILES string of the molecule is Cc1cccc(-c2nnc(SCC(=O)NC(=O)NC(C)C)n2Cc2ccco2)c1. The number of carbonyl (C=O) groups is 2. The van der Waals surface area contributed by atoms with Crippen molar-refractivity contribution in [2.24, 2.45) is 0 Å². The van der Waals surface area contributed by atoms with E-state index in [1.807, 2.05) is 61.7 Å². The van der Waals surface area contributed by atoms with Gasteiger partial charge in [0.2, 0.25) is 5.91 Å². The highest BCUT2D eigenvalue weighted by molar-refractivity contribution is 7.99. The highest BCUT2D eigenvalue weighted by Crippen LogP contribution is 2.25. The molecule has 2 aromatic heterocycles. The third-order valence-corrected chi connectivity index (χ3v) is 4.86. The lowest BCUT2D eigenvalue weighted by Crippen LogP contribution is -2.43. The summed E-state index contributed by atoms with van der Waals surface area (Å²) in [5, 5.41) is 14.1. The first-order valence-electron chi connectivity index (χ1n) is 9.18. The predicted octanol–water partition coefficient (Wildman–Crippen LogP) is 3.22. The Labute approximate surface area is 173 Å². The maximum absolute atomic E-state index is 12.1. The molecule has 3 aromatic rings. The largest absolute Gasteiger partial charge is 0.467 e. The van der Waals surface area contributed by atoms with Gasteiger partial charge >= 0.3 is 6.03 Å². The number of hydrogen-bond acceptors (Lipinski definition) is 6. The molecule has 9 heteroatoms. The van der Waals surface area contributed by atoms with Crippen LogP contribution in [-0.4, -0.2) is 38.5 Å². The summed E-state index contributed by atoms with van der Waals surface area (Å²) in [4.78, 5) is 23.8. The fourth-order valence-corrected chi connectivity index (χ4v) is 3.42. The molecule has 0 spiro atoms. The van der Waals surface area contributed by atoms with Crippen LogP contribution in [0, 0.1) is 6.92 Å². The Bertz CT molecular complexity index is 982. The Morgan fingerprint density at radius 2 is 2.03 bits per heavy atom. The van der Waals surface area contributed by atoms with Gasteiger partial charge in [-0.3, -0.25) is 14.7 Å². The quantitative estimate of drug-likeness (QED) is 0.577. The van der Waals surface area contributed by atoms with Gasteiger partial charge in [-0.2, -0.15) is 0 Å². The Hall–Kier alpha value is -3.07. The van der Waals surface area contributed by atoms with Crippen molar-refractivity contribution in [2.45, 2.75) is 38.5 Å². The van der Waals surface area contributed by atoms with Crippen molar-refractivity contribution in [3.05, 3.63) is 54.0 Å². The molecule has 0 fully saturated rings. The summed E-state index contributed by atoms with van der Waals surface area (Å²) in [6.07, 6.45) is 1.61. The number of nitrogens with zero attached hydrogens (tertiary/aromatic N) is 3. The van der Waals surface area contributed by atoms with Gasteiger partial charge in [-0.15, -0.1) is 10.2 Å². The van der Waals surface area contributed by atoms with Crippen molar-refractivity contribution >= 4 is 23.7 Å². The number of rotatable bonds is 7. The van der Waals surface area contributed by atoms with Gasteiger partial charge < -0.3 is 9.73 Å². The molecule has 0 atom stereocenters. The smallest absolute Gasteiger partial charge is 0.321 e. The third kappa shape index (κ3) is 5.71. The number of thioether (sulfide) groups is 1. The van der Waals surface area contributed by atoms with E-state index in [-0.39, 0.29) is 11.8 Å². The van der Waals surface area contributed by atoms with Gasteiger partial charge in [0.15, 0.2) is 11.0 Å². The minimum absolute atomic E-state index is 0.0373. The molecule has 0 saturated carbocycles. The molecular weight excluding hydrogens is 390 g/mol. The van der Waals surface area contributed by atoms with Gasteiger partial charge in [0, 0.05) is 11.6 Å². The number of urea groups is 1. The molecule has 0 radical (unpaired) electrons. The molecule has 29 heavy (non-hydrogen) atoms. The van der Waals surface area contributed by atoms with E-state index in [0.717, 1.165) is 16.9 Å². The predicted molar refractivity (Wildman–Crippen MR) is 111 cm³/mol. The summed E-state index contributed by atoms with van der Waals surface area (Å²) in [7, 11) is 0. The number of carbonyl (C=O) groups excluding carboxylic acids is 2. The molecule has 0 saturated heterocycles. The summed E-state index contributed by atoms with van der Waals surface area (Å²) in [6, 6.07) is 11.1. The zero-order valence-electron chi connectivity index (χ0n) is 16.5. The highest BCUT2D eigenvalue weighted by Gasteiger charge is 2.18. The Kier molecular flexibility index (Phi) is 6.71. The minimum Gasteiger partial charge on any atom is -0.467 e. The second-order valence-electron chi connectivity index (χ2n) is 6.81. The molecule has 152 valence electrons. The maximum atomic E-state index is 12.1. The molecule has 0 aliphatic heterocycles. The second kappa shape index (κ2) is 9.42. The van der Waals surface area contributed by atoms with Crippen molar-refractivity contribution in [1.82, 2.24) is 25.4 Å². The van der Waals surface area contributed by atoms with Crippen molar-refractivity contribution in [2.75, 3.05) is 5.75 Å².